The summed E-state index contributed by atoms with van der Waals surface area (Å²) >= 11 is 0. The van der Waals surface area contributed by atoms with Crippen LogP contribution in [-0.4, -0.2) is 26.7 Å². The summed E-state index contributed by atoms with van der Waals surface area (Å²) in [5, 5.41) is 4.02. The van der Waals surface area contributed by atoms with Gasteiger partial charge in [-0.15, -0.1) is 5.10 Å². The number of ether oxygens (including phenoxy) is 1. The molecular formula is C13H12N4O2. The molecule has 0 unspecified atom stereocenters. The van der Waals surface area contributed by atoms with Gasteiger partial charge in [0.2, 0.25) is 5.78 Å². The average Bonchev–Trinajstić information content (AvgIpc) is 2.80. The van der Waals surface area contributed by atoms with Gasteiger partial charge in [0.25, 0.3) is 5.56 Å². The van der Waals surface area contributed by atoms with E-state index in [0.717, 1.165) is 11.3 Å². The lowest BCUT2D eigenvalue weighted by Gasteiger charge is -2.03. The van der Waals surface area contributed by atoms with Gasteiger partial charge in [-0.2, -0.15) is 9.50 Å². The Kier molecular flexibility index (Phi) is 2.56. The molecule has 0 aliphatic carbocycles. The largest absolute Gasteiger partial charge is 0.497 e. The zero-order valence-electron chi connectivity index (χ0n) is 10.5. The van der Waals surface area contributed by atoms with Gasteiger partial charge in [0.1, 0.15) is 11.6 Å². The number of H-pyrrole nitrogens is 1. The number of nitrogens with zero attached hydrogens (tertiary/aromatic N) is 3. The van der Waals surface area contributed by atoms with E-state index in [1.165, 1.54) is 10.6 Å². The Bertz CT molecular complexity index is 787. The van der Waals surface area contributed by atoms with E-state index in [1.54, 1.807) is 14.0 Å². The third kappa shape index (κ3) is 1.97. The molecule has 2 aromatic heterocycles. The number of aromatic amines is 1. The first kappa shape index (κ1) is 11.5. The molecule has 0 fully saturated rings. The van der Waals surface area contributed by atoms with Crippen LogP contribution in [0.2, 0.25) is 0 Å². The molecule has 0 aliphatic heterocycles. The zero-order valence-corrected chi connectivity index (χ0v) is 10.5. The molecule has 0 amide bonds. The van der Waals surface area contributed by atoms with Crippen LogP contribution in [-0.2, 0) is 0 Å². The van der Waals surface area contributed by atoms with E-state index in [9.17, 15) is 4.79 Å². The van der Waals surface area contributed by atoms with Crippen LogP contribution in [0.15, 0.2) is 35.1 Å². The average molecular weight is 256 g/mol. The first-order valence-corrected chi connectivity index (χ1v) is 5.78. The predicted molar refractivity (Wildman–Crippen MR) is 70.3 cm³/mol. The van der Waals surface area contributed by atoms with Crippen molar-refractivity contribution in [3.8, 4) is 17.0 Å². The lowest BCUT2D eigenvalue weighted by atomic mass is 10.1. The van der Waals surface area contributed by atoms with Crippen LogP contribution >= 0.6 is 0 Å². The van der Waals surface area contributed by atoms with Crippen LogP contribution in [0.25, 0.3) is 17.0 Å². The molecule has 6 heteroatoms. The second kappa shape index (κ2) is 4.24. The molecule has 0 aliphatic rings. The van der Waals surface area contributed by atoms with Crippen LogP contribution in [0.4, 0.5) is 0 Å². The van der Waals surface area contributed by atoms with E-state index < -0.39 is 0 Å². The molecule has 19 heavy (non-hydrogen) atoms. The molecule has 3 aromatic rings. The summed E-state index contributed by atoms with van der Waals surface area (Å²) in [5.41, 5.74) is 1.38. The van der Waals surface area contributed by atoms with E-state index in [0.29, 0.717) is 17.3 Å². The van der Waals surface area contributed by atoms with Gasteiger partial charge in [0.05, 0.1) is 12.8 Å². The molecular weight excluding hydrogens is 244 g/mol. The Morgan fingerprint density at radius 2 is 2.00 bits per heavy atom. The normalized spacial score (nSPS) is 10.8. The summed E-state index contributed by atoms with van der Waals surface area (Å²) in [6.07, 6.45) is 0. The molecule has 1 N–H and O–H groups in total. The second-order valence-corrected chi connectivity index (χ2v) is 4.14. The van der Waals surface area contributed by atoms with Crippen molar-refractivity contribution in [2.75, 3.05) is 7.11 Å². The maximum atomic E-state index is 11.9. The standard InChI is InChI=1S/C13H12N4O2/c1-8-14-13-15-11(7-12(18)17(13)16-8)9-3-5-10(19-2)6-4-9/h3-7H,1-2H3,(H,14,15,16). The van der Waals surface area contributed by atoms with Gasteiger partial charge in [-0.3, -0.25) is 4.79 Å². The molecule has 96 valence electrons. The minimum Gasteiger partial charge on any atom is -0.497 e. The molecule has 2 heterocycles. The maximum absolute atomic E-state index is 11.9. The van der Waals surface area contributed by atoms with Crippen molar-refractivity contribution in [3.05, 3.63) is 46.5 Å². The van der Waals surface area contributed by atoms with E-state index >= 15 is 0 Å². The van der Waals surface area contributed by atoms with Crippen molar-refractivity contribution in [1.29, 1.82) is 0 Å². The van der Waals surface area contributed by atoms with Crippen molar-refractivity contribution in [3.63, 3.8) is 0 Å². The van der Waals surface area contributed by atoms with Gasteiger partial charge < -0.3 is 9.72 Å². The van der Waals surface area contributed by atoms with Gasteiger partial charge in [-0.25, -0.2) is 0 Å². The van der Waals surface area contributed by atoms with E-state index in [-0.39, 0.29) is 5.56 Å². The van der Waals surface area contributed by atoms with Crippen molar-refractivity contribution < 1.29 is 4.74 Å². The molecule has 0 spiro atoms. The summed E-state index contributed by atoms with van der Waals surface area (Å²) in [7, 11) is 1.61. The molecule has 1 aromatic carbocycles. The summed E-state index contributed by atoms with van der Waals surface area (Å²) in [6, 6.07) is 8.94. The maximum Gasteiger partial charge on any atom is 0.276 e. The topological polar surface area (TPSA) is 72.3 Å². The van der Waals surface area contributed by atoms with Crippen LogP contribution in [0.5, 0.6) is 5.75 Å². The number of hydrogen-bond acceptors (Lipinski definition) is 4. The number of methoxy groups -OCH3 is 1. The van der Waals surface area contributed by atoms with Gasteiger partial charge in [0.15, 0.2) is 0 Å². The molecule has 0 saturated heterocycles. The smallest absolute Gasteiger partial charge is 0.276 e. The first-order valence-electron chi connectivity index (χ1n) is 5.78. The molecule has 6 nitrogen and oxygen atoms in total. The number of aryl methyl sites for hydroxylation is 1. The minimum absolute atomic E-state index is 0.208. The van der Waals surface area contributed by atoms with E-state index in [1.807, 2.05) is 24.3 Å². The number of fused-ring (bicyclic) bond motifs is 1. The molecule has 3 rings (SSSR count). The fourth-order valence-corrected chi connectivity index (χ4v) is 1.92. The van der Waals surface area contributed by atoms with Gasteiger partial charge >= 0.3 is 0 Å². The highest BCUT2D eigenvalue weighted by Crippen LogP contribution is 2.19. The van der Waals surface area contributed by atoms with Crippen LogP contribution in [0.3, 0.4) is 0 Å². The quantitative estimate of drug-likeness (QED) is 0.752. The molecule has 0 atom stereocenters. The summed E-state index contributed by atoms with van der Waals surface area (Å²) in [4.78, 5) is 19.2. The summed E-state index contributed by atoms with van der Waals surface area (Å²) < 4.78 is 6.36. The van der Waals surface area contributed by atoms with Crippen molar-refractivity contribution in [2.45, 2.75) is 6.92 Å². The third-order valence-electron chi connectivity index (χ3n) is 2.84. The third-order valence-corrected chi connectivity index (χ3v) is 2.84. The van der Waals surface area contributed by atoms with Crippen LogP contribution in [0.1, 0.15) is 5.82 Å². The predicted octanol–water partition coefficient (Wildman–Crippen LogP) is 1.40. The lowest BCUT2D eigenvalue weighted by Crippen LogP contribution is -2.14. The fraction of sp³-hybridized carbons (Fsp3) is 0.154. The number of hydrogen-bond donors (Lipinski definition) is 1. The second-order valence-electron chi connectivity index (χ2n) is 4.14. The Labute approximate surface area is 108 Å². The van der Waals surface area contributed by atoms with E-state index in [2.05, 4.69) is 15.1 Å². The summed E-state index contributed by atoms with van der Waals surface area (Å²) in [5.74, 6) is 1.77. The SMILES string of the molecule is COc1ccc(-c2cc(=O)n3nc(C)nc3[nH]2)cc1. The van der Waals surface area contributed by atoms with Gasteiger partial charge in [-0.05, 0) is 36.8 Å². The molecule has 0 radical (unpaired) electrons. The highest BCUT2D eigenvalue weighted by Gasteiger charge is 2.07. The lowest BCUT2D eigenvalue weighted by molar-refractivity contribution is 0.415. The number of rotatable bonds is 2. The minimum atomic E-state index is -0.208. The molecule has 0 bridgehead atoms. The highest BCUT2D eigenvalue weighted by atomic mass is 16.5. The Balaban J connectivity index is 2.16. The van der Waals surface area contributed by atoms with Crippen LogP contribution in [0, 0.1) is 6.92 Å². The number of nitrogens with one attached hydrogen (secondary N) is 1. The Hall–Kier alpha value is -2.63. The van der Waals surface area contributed by atoms with Crippen molar-refractivity contribution in [2.24, 2.45) is 0 Å². The number of aromatic nitrogens is 4. The Morgan fingerprint density at radius 3 is 2.68 bits per heavy atom. The van der Waals surface area contributed by atoms with Gasteiger partial charge in [-0.1, -0.05) is 0 Å². The monoisotopic (exact) mass is 256 g/mol. The summed E-state index contributed by atoms with van der Waals surface area (Å²) in [6.45, 7) is 1.74. The van der Waals surface area contributed by atoms with E-state index in [4.69, 9.17) is 4.74 Å². The zero-order chi connectivity index (χ0) is 13.4. The van der Waals surface area contributed by atoms with Crippen molar-refractivity contribution >= 4 is 5.78 Å². The van der Waals surface area contributed by atoms with Crippen molar-refractivity contribution in [1.82, 2.24) is 19.6 Å². The van der Waals surface area contributed by atoms with Gasteiger partial charge in [0, 0.05) is 6.07 Å². The fourth-order valence-electron chi connectivity index (χ4n) is 1.92. The molecule has 0 saturated carbocycles. The van der Waals surface area contributed by atoms with Crippen LogP contribution < -0.4 is 10.3 Å². The highest BCUT2D eigenvalue weighted by molar-refractivity contribution is 5.61. The Morgan fingerprint density at radius 1 is 1.26 bits per heavy atom. The first-order chi connectivity index (χ1) is 9.17. The number of benzene rings is 1.